The monoisotopic (exact) mass is 273 g/mol. The summed E-state index contributed by atoms with van der Waals surface area (Å²) in [6.45, 7) is 2.84. The van der Waals surface area contributed by atoms with E-state index < -0.39 is 0 Å². The Morgan fingerprint density at radius 2 is 1.95 bits per heavy atom. The van der Waals surface area contributed by atoms with Crippen molar-refractivity contribution < 1.29 is 4.39 Å². The van der Waals surface area contributed by atoms with Crippen molar-refractivity contribution in [3.63, 3.8) is 0 Å². The number of rotatable bonds is 3. The fourth-order valence-electron chi connectivity index (χ4n) is 1.88. The molecule has 0 saturated carbocycles. The molecule has 96 valence electrons. The molecule has 0 spiro atoms. The van der Waals surface area contributed by atoms with Gasteiger partial charge in [0.15, 0.2) is 5.65 Å². The number of pyridine rings is 1. The van der Waals surface area contributed by atoms with E-state index in [9.17, 15) is 4.39 Å². The molecule has 0 aliphatic carbocycles. The highest BCUT2D eigenvalue weighted by molar-refractivity contribution is 7.99. The van der Waals surface area contributed by atoms with Crippen LogP contribution in [0.25, 0.3) is 11.0 Å². The fraction of sp³-hybridized carbons (Fsp3) is 0.143. The van der Waals surface area contributed by atoms with Gasteiger partial charge in [0.05, 0.1) is 6.20 Å². The lowest BCUT2D eigenvalue weighted by molar-refractivity contribution is 0.626. The minimum atomic E-state index is -0.220. The van der Waals surface area contributed by atoms with Crippen molar-refractivity contribution >= 4 is 22.8 Å². The molecule has 0 radical (unpaired) electrons. The van der Waals surface area contributed by atoms with Gasteiger partial charge in [-0.1, -0.05) is 11.8 Å². The van der Waals surface area contributed by atoms with Crippen LogP contribution in [0.3, 0.4) is 0 Å². The maximum Gasteiger partial charge on any atom is 0.157 e. The van der Waals surface area contributed by atoms with Crippen LogP contribution in [-0.2, 0) is 6.54 Å². The van der Waals surface area contributed by atoms with Gasteiger partial charge in [-0.25, -0.2) is 14.1 Å². The molecule has 0 aliphatic rings. The van der Waals surface area contributed by atoms with Crippen LogP contribution < -0.4 is 0 Å². The fourth-order valence-corrected chi connectivity index (χ4v) is 2.71. The summed E-state index contributed by atoms with van der Waals surface area (Å²) in [6, 6.07) is 8.50. The van der Waals surface area contributed by atoms with Crippen LogP contribution in [0.5, 0.6) is 0 Å². The van der Waals surface area contributed by atoms with Crippen molar-refractivity contribution in [2.75, 3.05) is 0 Å². The number of aromatic nitrogens is 3. The smallest absolute Gasteiger partial charge is 0.157 e. The van der Waals surface area contributed by atoms with Gasteiger partial charge in [-0.2, -0.15) is 5.10 Å². The third-order valence-electron chi connectivity index (χ3n) is 2.80. The quantitative estimate of drug-likeness (QED) is 0.728. The van der Waals surface area contributed by atoms with Crippen LogP contribution in [0.1, 0.15) is 6.92 Å². The number of hydrogen-bond acceptors (Lipinski definition) is 3. The lowest BCUT2D eigenvalue weighted by Crippen LogP contribution is -1.96. The van der Waals surface area contributed by atoms with Crippen LogP contribution in [0.15, 0.2) is 52.5 Å². The molecule has 0 N–H and O–H groups in total. The first kappa shape index (κ1) is 12.2. The van der Waals surface area contributed by atoms with E-state index in [2.05, 4.69) is 16.1 Å². The van der Waals surface area contributed by atoms with Gasteiger partial charge < -0.3 is 0 Å². The summed E-state index contributed by atoms with van der Waals surface area (Å²) >= 11 is 1.56. The zero-order valence-corrected chi connectivity index (χ0v) is 11.2. The molecule has 2 aromatic heterocycles. The molecular formula is C14H12FN3S. The largest absolute Gasteiger partial charge is 0.248 e. The molecule has 0 amide bonds. The van der Waals surface area contributed by atoms with E-state index in [1.54, 1.807) is 23.9 Å². The van der Waals surface area contributed by atoms with Gasteiger partial charge in [-0.05, 0) is 37.3 Å². The van der Waals surface area contributed by atoms with Gasteiger partial charge in [0.25, 0.3) is 0 Å². The number of benzene rings is 1. The molecule has 0 atom stereocenters. The number of nitrogens with zero attached hydrogens (tertiary/aromatic N) is 3. The minimum Gasteiger partial charge on any atom is -0.248 e. The standard InChI is InChI=1S/C14H12FN3S/c1-2-18-14-10(8-17-18)7-13(9-16-14)19-12-5-3-11(15)4-6-12/h3-9H,2H2,1H3. The SMILES string of the molecule is CCn1ncc2cc(Sc3ccc(F)cc3)cnc21. The average Bonchev–Trinajstić information content (AvgIpc) is 2.83. The van der Waals surface area contributed by atoms with Gasteiger partial charge in [0.1, 0.15) is 5.82 Å². The first-order chi connectivity index (χ1) is 9.26. The summed E-state index contributed by atoms with van der Waals surface area (Å²) in [6.07, 6.45) is 3.64. The third kappa shape index (κ3) is 2.46. The Bertz CT molecular complexity index is 706. The molecule has 0 saturated heterocycles. The highest BCUT2D eigenvalue weighted by atomic mass is 32.2. The Hall–Kier alpha value is -1.88. The molecule has 3 rings (SSSR count). The van der Waals surface area contributed by atoms with Gasteiger partial charge in [0.2, 0.25) is 0 Å². The molecule has 5 heteroatoms. The summed E-state index contributed by atoms with van der Waals surface area (Å²) in [5, 5.41) is 5.29. The molecule has 1 aromatic carbocycles. The third-order valence-corrected chi connectivity index (χ3v) is 3.77. The van der Waals surface area contributed by atoms with Gasteiger partial charge >= 0.3 is 0 Å². The van der Waals surface area contributed by atoms with Gasteiger partial charge in [-0.3, -0.25) is 0 Å². The molecule has 0 bridgehead atoms. The zero-order valence-electron chi connectivity index (χ0n) is 10.4. The second-order valence-corrected chi connectivity index (χ2v) is 5.25. The lowest BCUT2D eigenvalue weighted by Gasteiger charge is -2.02. The number of halogens is 1. The summed E-state index contributed by atoms with van der Waals surface area (Å²) in [5.41, 5.74) is 0.894. The predicted octanol–water partition coefficient (Wildman–Crippen LogP) is 3.74. The first-order valence-electron chi connectivity index (χ1n) is 6.01. The predicted molar refractivity (Wildman–Crippen MR) is 73.7 cm³/mol. The Balaban J connectivity index is 1.91. The minimum absolute atomic E-state index is 0.220. The molecule has 19 heavy (non-hydrogen) atoms. The second kappa shape index (κ2) is 5.01. The van der Waals surface area contributed by atoms with E-state index >= 15 is 0 Å². The van der Waals surface area contributed by atoms with Crippen LogP contribution in [-0.4, -0.2) is 14.8 Å². The molecular weight excluding hydrogens is 261 g/mol. The highest BCUT2D eigenvalue weighted by Gasteiger charge is 2.05. The average molecular weight is 273 g/mol. The van der Waals surface area contributed by atoms with Crippen molar-refractivity contribution in [2.24, 2.45) is 0 Å². The molecule has 0 unspecified atom stereocenters. The second-order valence-electron chi connectivity index (χ2n) is 4.10. The van der Waals surface area contributed by atoms with Crippen molar-refractivity contribution in [1.29, 1.82) is 0 Å². The number of aryl methyl sites for hydroxylation is 1. The Morgan fingerprint density at radius 3 is 2.68 bits per heavy atom. The summed E-state index contributed by atoms with van der Waals surface area (Å²) in [7, 11) is 0. The van der Waals surface area contributed by atoms with Crippen molar-refractivity contribution in [1.82, 2.24) is 14.8 Å². The van der Waals surface area contributed by atoms with E-state index in [0.29, 0.717) is 0 Å². The Labute approximate surface area is 114 Å². The molecule has 0 aliphatic heterocycles. The van der Waals surface area contributed by atoms with E-state index in [1.165, 1.54) is 12.1 Å². The van der Waals surface area contributed by atoms with Crippen LogP contribution >= 0.6 is 11.8 Å². The first-order valence-corrected chi connectivity index (χ1v) is 6.83. The zero-order chi connectivity index (χ0) is 13.2. The number of fused-ring (bicyclic) bond motifs is 1. The van der Waals surface area contributed by atoms with Gasteiger partial charge in [0, 0.05) is 27.9 Å². The normalized spacial score (nSPS) is 11.1. The maximum absolute atomic E-state index is 12.8. The Kier molecular flexibility index (Phi) is 3.21. The molecule has 0 fully saturated rings. The maximum atomic E-state index is 12.8. The van der Waals surface area contributed by atoms with E-state index in [1.807, 2.05) is 24.0 Å². The van der Waals surface area contributed by atoms with E-state index in [4.69, 9.17) is 0 Å². The van der Waals surface area contributed by atoms with Crippen LogP contribution in [0, 0.1) is 5.82 Å². The number of hydrogen-bond donors (Lipinski definition) is 0. The van der Waals surface area contributed by atoms with Gasteiger partial charge in [-0.15, -0.1) is 0 Å². The Morgan fingerprint density at radius 1 is 1.16 bits per heavy atom. The van der Waals surface area contributed by atoms with Crippen molar-refractivity contribution in [3.05, 3.63) is 48.5 Å². The summed E-state index contributed by atoms with van der Waals surface area (Å²) < 4.78 is 14.7. The van der Waals surface area contributed by atoms with E-state index in [0.717, 1.165) is 27.4 Å². The lowest BCUT2D eigenvalue weighted by atomic mass is 10.3. The molecule has 3 nitrogen and oxygen atoms in total. The summed E-state index contributed by atoms with van der Waals surface area (Å²) in [4.78, 5) is 6.45. The summed E-state index contributed by atoms with van der Waals surface area (Å²) in [5.74, 6) is -0.220. The van der Waals surface area contributed by atoms with Crippen molar-refractivity contribution in [2.45, 2.75) is 23.3 Å². The highest BCUT2D eigenvalue weighted by Crippen LogP contribution is 2.29. The van der Waals surface area contributed by atoms with E-state index in [-0.39, 0.29) is 5.82 Å². The van der Waals surface area contributed by atoms with Crippen LogP contribution in [0.4, 0.5) is 4.39 Å². The van der Waals surface area contributed by atoms with Crippen LogP contribution in [0.2, 0.25) is 0 Å². The molecule has 3 aromatic rings. The molecule has 2 heterocycles. The topological polar surface area (TPSA) is 30.7 Å². The van der Waals surface area contributed by atoms with Crippen molar-refractivity contribution in [3.8, 4) is 0 Å².